The number of carbonyl (C=O) groups excluding carboxylic acids is 1. The van der Waals surface area contributed by atoms with Crippen LogP contribution in [0.2, 0.25) is 0 Å². The van der Waals surface area contributed by atoms with Crippen LogP contribution in [0.25, 0.3) is 0 Å². The molecule has 1 atom stereocenters. The van der Waals surface area contributed by atoms with E-state index in [2.05, 4.69) is 11.3 Å². The van der Waals surface area contributed by atoms with Crippen molar-refractivity contribution in [3.8, 4) is 0 Å². The molecule has 0 bridgehead atoms. The molecular formula is C6H7F3O2. The molecule has 0 aliphatic rings. The monoisotopic (exact) mass is 168 g/mol. The van der Waals surface area contributed by atoms with Crippen molar-refractivity contribution in [2.75, 3.05) is 6.61 Å². The van der Waals surface area contributed by atoms with Crippen LogP contribution in [0, 0.1) is 0 Å². The fraction of sp³-hybridized carbons (Fsp3) is 0.500. The second-order valence-corrected chi connectivity index (χ2v) is 1.68. The van der Waals surface area contributed by atoms with Gasteiger partial charge in [-0.2, -0.15) is 0 Å². The fourth-order valence-electron chi connectivity index (χ4n) is 0.293. The molecular weight excluding hydrogens is 161 g/mol. The lowest BCUT2D eigenvalue weighted by Gasteiger charge is -2.05. The zero-order chi connectivity index (χ0) is 8.85. The summed E-state index contributed by atoms with van der Waals surface area (Å²) in [6.45, 7) is 2.07. The van der Waals surface area contributed by atoms with Gasteiger partial charge in [-0.1, -0.05) is 6.58 Å². The molecule has 64 valence electrons. The van der Waals surface area contributed by atoms with Gasteiger partial charge >= 0.3 is 5.97 Å². The summed E-state index contributed by atoms with van der Waals surface area (Å²) >= 11 is 0. The molecule has 0 rings (SSSR count). The van der Waals surface area contributed by atoms with Crippen LogP contribution in [0.15, 0.2) is 12.7 Å². The molecule has 2 nitrogen and oxygen atoms in total. The molecule has 11 heavy (non-hydrogen) atoms. The van der Waals surface area contributed by atoms with Crippen LogP contribution in [-0.2, 0) is 9.53 Å². The van der Waals surface area contributed by atoms with Crippen molar-refractivity contribution in [1.29, 1.82) is 0 Å². The van der Waals surface area contributed by atoms with Crippen molar-refractivity contribution in [3.63, 3.8) is 0 Å². The quantitative estimate of drug-likeness (QED) is 0.467. The van der Waals surface area contributed by atoms with E-state index >= 15 is 0 Å². The second-order valence-electron chi connectivity index (χ2n) is 1.68. The van der Waals surface area contributed by atoms with E-state index in [1.54, 1.807) is 0 Å². The zero-order valence-electron chi connectivity index (χ0n) is 5.60. The van der Waals surface area contributed by atoms with Gasteiger partial charge in [0, 0.05) is 6.08 Å². The first-order chi connectivity index (χ1) is 5.07. The minimum Gasteiger partial charge on any atom is -0.459 e. The molecule has 0 aromatic rings. The maximum absolute atomic E-state index is 12.0. The highest BCUT2D eigenvalue weighted by Crippen LogP contribution is 2.05. The normalized spacial score (nSPS) is 12.7. The summed E-state index contributed by atoms with van der Waals surface area (Å²) in [4.78, 5) is 10.2. The minimum atomic E-state index is -3.12. The summed E-state index contributed by atoms with van der Waals surface area (Å²) in [7, 11) is 0. The van der Waals surface area contributed by atoms with Gasteiger partial charge in [0.25, 0.3) is 6.43 Å². The average Bonchev–Trinajstić information content (AvgIpc) is 1.99. The molecule has 0 saturated carbocycles. The molecule has 0 aromatic heterocycles. The number of rotatable bonds is 4. The summed E-state index contributed by atoms with van der Waals surface area (Å²) in [5.41, 5.74) is 0. The number of alkyl halides is 3. The largest absolute Gasteiger partial charge is 0.459 e. The smallest absolute Gasteiger partial charge is 0.330 e. The predicted molar refractivity (Wildman–Crippen MR) is 32.1 cm³/mol. The van der Waals surface area contributed by atoms with Crippen LogP contribution < -0.4 is 0 Å². The summed E-state index contributed by atoms with van der Waals surface area (Å²) in [5.74, 6) is -0.909. The number of carbonyl (C=O) groups is 1. The standard InChI is InChI=1S/C6H7F3O2/c1-2-5(10)11-3-4(7)6(8)9/h2,4,6H,1,3H2. The minimum absolute atomic E-state index is 0.776. The SMILES string of the molecule is C=CC(=O)OCC(F)C(F)F. The molecule has 0 saturated heterocycles. The third-order valence-corrected chi connectivity index (χ3v) is 0.825. The lowest BCUT2D eigenvalue weighted by molar-refractivity contribution is -0.141. The first kappa shape index (κ1) is 10.0. The third-order valence-electron chi connectivity index (χ3n) is 0.825. The Morgan fingerprint density at radius 3 is 2.45 bits per heavy atom. The Morgan fingerprint density at radius 1 is 1.55 bits per heavy atom. The number of halogens is 3. The third kappa shape index (κ3) is 4.41. The van der Waals surface area contributed by atoms with Crippen LogP contribution >= 0.6 is 0 Å². The van der Waals surface area contributed by atoms with Gasteiger partial charge in [-0.3, -0.25) is 0 Å². The van der Waals surface area contributed by atoms with E-state index in [9.17, 15) is 18.0 Å². The Hall–Kier alpha value is -1.00. The first-order valence-corrected chi connectivity index (χ1v) is 2.79. The number of esters is 1. The van der Waals surface area contributed by atoms with Crippen molar-refractivity contribution in [1.82, 2.24) is 0 Å². The maximum Gasteiger partial charge on any atom is 0.330 e. The van der Waals surface area contributed by atoms with E-state index < -0.39 is 25.2 Å². The zero-order valence-corrected chi connectivity index (χ0v) is 5.60. The number of hydrogen-bond donors (Lipinski definition) is 0. The van der Waals surface area contributed by atoms with Crippen molar-refractivity contribution < 1.29 is 22.7 Å². The van der Waals surface area contributed by atoms with E-state index in [1.165, 1.54) is 0 Å². The molecule has 0 radical (unpaired) electrons. The van der Waals surface area contributed by atoms with Gasteiger partial charge < -0.3 is 4.74 Å². The van der Waals surface area contributed by atoms with Gasteiger partial charge in [-0.05, 0) is 0 Å². The van der Waals surface area contributed by atoms with E-state index in [4.69, 9.17) is 0 Å². The number of hydrogen-bond acceptors (Lipinski definition) is 2. The van der Waals surface area contributed by atoms with Crippen LogP contribution in [0.4, 0.5) is 13.2 Å². The lowest BCUT2D eigenvalue weighted by Crippen LogP contribution is -2.20. The van der Waals surface area contributed by atoms with Crippen LogP contribution in [0.3, 0.4) is 0 Å². The summed E-state index contributed by atoms with van der Waals surface area (Å²) in [5, 5.41) is 0. The second kappa shape index (κ2) is 4.76. The highest BCUT2D eigenvalue weighted by atomic mass is 19.3. The van der Waals surface area contributed by atoms with Crippen molar-refractivity contribution >= 4 is 5.97 Å². The van der Waals surface area contributed by atoms with E-state index in [0.29, 0.717) is 0 Å². The predicted octanol–water partition coefficient (Wildman–Crippen LogP) is 1.32. The Kier molecular flexibility index (Phi) is 4.33. The van der Waals surface area contributed by atoms with Crippen LogP contribution in [0.5, 0.6) is 0 Å². The van der Waals surface area contributed by atoms with Crippen molar-refractivity contribution in [2.24, 2.45) is 0 Å². The average molecular weight is 168 g/mol. The summed E-state index contributed by atoms with van der Waals surface area (Å²) < 4.78 is 38.7. The molecule has 0 aliphatic heterocycles. The van der Waals surface area contributed by atoms with Crippen LogP contribution in [0.1, 0.15) is 0 Å². The number of ether oxygens (including phenoxy) is 1. The van der Waals surface area contributed by atoms with Gasteiger partial charge in [-0.15, -0.1) is 0 Å². The lowest BCUT2D eigenvalue weighted by atomic mass is 10.4. The highest BCUT2D eigenvalue weighted by molar-refractivity contribution is 5.81. The van der Waals surface area contributed by atoms with Gasteiger partial charge in [0.15, 0.2) is 6.17 Å². The molecule has 0 aromatic carbocycles. The van der Waals surface area contributed by atoms with Gasteiger partial charge in [0.1, 0.15) is 6.61 Å². The van der Waals surface area contributed by atoms with Gasteiger partial charge in [0.05, 0.1) is 0 Å². The highest BCUT2D eigenvalue weighted by Gasteiger charge is 2.20. The van der Waals surface area contributed by atoms with Gasteiger partial charge in [0.2, 0.25) is 0 Å². The van der Waals surface area contributed by atoms with Gasteiger partial charge in [-0.25, -0.2) is 18.0 Å². The van der Waals surface area contributed by atoms with E-state index in [0.717, 1.165) is 6.08 Å². The summed E-state index contributed by atoms with van der Waals surface area (Å²) in [6, 6.07) is 0. The van der Waals surface area contributed by atoms with Crippen molar-refractivity contribution in [3.05, 3.63) is 12.7 Å². The molecule has 0 amide bonds. The Balaban J connectivity index is 3.53. The molecule has 0 N–H and O–H groups in total. The topological polar surface area (TPSA) is 26.3 Å². The van der Waals surface area contributed by atoms with Crippen molar-refractivity contribution in [2.45, 2.75) is 12.6 Å². The Bertz CT molecular complexity index is 147. The Labute approximate surface area is 61.6 Å². The van der Waals surface area contributed by atoms with E-state index in [-0.39, 0.29) is 0 Å². The summed E-state index contributed by atoms with van der Waals surface area (Å²) in [6.07, 6.45) is -4.76. The van der Waals surface area contributed by atoms with Crippen LogP contribution in [-0.4, -0.2) is 25.2 Å². The molecule has 5 heteroatoms. The molecule has 0 aliphatic carbocycles. The van der Waals surface area contributed by atoms with E-state index in [1.807, 2.05) is 0 Å². The fourth-order valence-corrected chi connectivity index (χ4v) is 0.293. The molecule has 1 unspecified atom stereocenters. The molecule has 0 heterocycles. The first-order valence-electron chi connectivity index (χ1n) is 2.79. The Morgan fingerprint density at radius 2 is 2.09 bits per heavy atom. The molecule has 0 fully saturated rings. The molecule has 0 spiro atoms. The maximum atomic E-state index is 12.0.